The van der Waals surface area contributed by atoms with Crippen molar-refractivity contribution in [3.05, 3.63) is 58.0 Å². The van der Waals surface area contributed by atoms with Crippen LogP contribution in [0.15, 0.2) is 30.5 Å². The second-order valence-electron chi connectivity index (χ2n) is 6.33. The van der Waals surface area contributed by atoms with Gasteiger partial charge in [0.05, 0.1) is 10.6 Å². The molecule has 8 heteroatoms. The first-order valence-electron chi connectivity index (χ1n) is 8.53. The van der Waals surface area contributed by atoms with Crippen molar-refractivity contribution in [1.82, 2.24) is 10.3 Å². The second kappa shape index (κ2) is 8.92. The molecule has 0 fully saturated rings. The highest BCUT2D eigenvalue weighted by molar-refractivity contribution is 6.35. The molecule has 0 saturated carbocycles. The van der Waals surface area contributed by atoms with Gasteiger partial charge in [0.1, 0.15) is 11.6 Å². The Hall–Kier alpha value is -2.51. The number of hydrogen-bond donors (Lipinski definition) is 3. The lowest BCUT2D eigenvalue weighted by atomic mass is 9.96. The van der Waals surface area contributed by atoms with Crippen LogP contribution in [0, 0.1) is 5.82 Å². The SMILES string of the molecule is CC[C@@H](N[C@H](C)CC(N)=O)c1ccc(Cl)c(C(=O)c2ccc(N)nc2)c1F.[HH].[HH]. The first-order chi connectivity index (χ1) is 12.7. The summed E-state index contributed by atoms with van der Waals surface area (Å²) in [7, 11) is 0. The van der Waals surface area contributed by atoms with Crippen LogP contribution >= 0.6 is 11.6 Å². The van der Waals surface area contributed by atoms with Gasteiger partial charge in [-0.2, -0.15) is 0 Å². The molecule has 27 heavy (non-hydrogen) atoms. The normalized spacial score (nSPS) is 13.2. The van der Waals surface area contributed by atoms with Crippen molar-refractivity contribution >= 4 is 29.1 Å². The van der Waals surface area contributed by atoms with Gasteiger partial charge in [0, 0.05) is 38.7 Å². The first kappa shape index (κ1) is 20.8. The highest BCUT2D eigenvalue weighted by Gasteiger charge is 2.25. The summed E-state index contributed by atoms with van der Waals surface area (Å²) in [6, 6.07) is 5.30. The zero-order chi connectivity index (χ0) is 20.1. The number of nitrogens with two attached hydrogens (primary N) is 2. The molecule has 1 aromatic heterocycles. The van der Waals surface area contributed by atoms with E-state index in [1.165, 1.54) is 30.5 Å². The second-order valence-corrected chi connectivity index (χ2v) is 6.73. The number of anilines is 1. The van der Waals surface area contributed by atoms with Crippen LogP contribution in [0.4, 0.5) is 10.2 Å². The van der Waals surface area contributed by atoms with E-state index in [0.717, 1.165) is 0 Å². The molecule has 0 saturated heterocycles. The average Bonchev–Trinajstić information content (AvgIpc) is 2.60. The van der Waals surface area contributed by atoms with Gasteiger partial charge in [0.25, 0.3) is 0 Å². The van der Waals surface area contributed by atoms with Crippen molar-refractivity contribution in [2.45, 2.75) is 38.8 Å². The number of primary amides is 1. The Morgan fingerprint density at radius 2 is 2.04 bits per heavy atom. The molecule has 1 amide bonds. The number of ketones is 1. The fourth-order valence-corrected chi connectivity index (χ4v) is 3.09. The molecule has 1 aromatic carbocycles. The van der Waals surface area contributed by atoms with Crippen LogP contribution in [0.1, 0.15) is 57.1 Å². The summed E-state index contributed by atoms with van der Waals surface area (Å²) < 4.78 is 15.2. The maximum Gasteiger partial charge on any atom is 0.218 e. The topological polar surface area (TPSA) is 111 Å². The van der Waals surface area contributed by atoms with Crippen molar-refractivity contribution < 1.29 is 16.8 Å². The largest absolute Gasteiger partial charge is 0.384 e. The maximum absolute atomic E-state index is 15.2. The number of aromatic nitrogens is 1. The maximum atomic E-state index is 15.2. The van der Waals surface area contributed by atoms with Crippen LogP contribution < -0.4 is 16.8 Å². The number of halogens is 2. The predicted octanol–water partition coefficient (Wildman–Crippen LogP) is 3.48. The smallest absolute Gasteiger partial charge is 0.218 e. The van der Waals surface area contributed by atoms with E-state index in [9.17, 15) is 9.59 Å². The first-order valence-corrected chi connectivity index (χ1v) is 8.90. The van der Waals surface area contributed by atoms with E-state index >= 15 is 4.39 Å². The number of nitrogens with zero attached hydrogens (tertiary/aromatic N) is 1. The van der Waals surface area contributed by atoms with Crippen molar-refractivity contribution in [3.8, 4) is 0 Å². The van der Waals surface area contributed by atoms with Crippen LogP contribution in [0.3, 0.4) is 0 Å². The van der Waals surface area contributed by atoms with Gasteiger partial charge in [-0.1, -0.05) is 24.6 Å². The Balaban J connectivity index is 0.00000392. The molecule has 0 radical (unpaired) electrons. The number of nitrogens with one attached hydrogen (secondary N) is 1. The molecule has 0 aliphatic carbocycles. The predicted molar refractivity (Wildman–Crippen MR) is 107 cm³/mol. The van der Waals surface area contributed by atoms with Crippen LogP contribution in [-0.4, -0.2) is 22.7 Å². The highest BCUT2D eigenvalue weighted by atomic mass is 35.5. The van der Waals surface area contributed by atoms with Crippen molar-refractivity contribution in [2.24, 2.45) is 5.73 Å². The van der Waals surface area contributed by atoms with Gasteiger partial charge in [-0.3, -0.25) is 9.59 Å². The fourth-order valence-electron chi connectivity index (χ4n) is 2.86. The standard InChI is InChI=1S/C19H22ClFN4O2.2H2/c1-3-14(25-10(2)8-16(23)26)12-5-6-13(20)17(18(12)21)19(27)11-4-7-15(22)24-9-11;;/h4-7,9-10,14,25H,3,8H2,1-2H3,(H2,22,24)(H2,23,26);2*1H/t10-,14-;;/m1../s1. The Kier molecular flexibility index (Phi) is 6.87. The van der Waals surface area contributed by atoms with Crippen molar-refractivity contribution in [2.75, 3.05) is 5.73 Å². The third-order valence-corrected chi connectivity index (χ3v) is 4.49. The molecule has 6 nitrogen and oxygen atoms in total. The highest BCUT2D eigenvalue weighted by Crippen LogP contribution is 2.30. The summed E-state index contributed by atoms with van der Waals surface area (Å²) in [6.45, 7) is 3.65. The minimum atomic E-state index is -0.699. The Bertz CT molecular complexity index is 853. The van der Waals surface area contributed by atoms with E-state index in [1.807, 2.05) is 6.92 Å². The summed E-state index contributed by atoms with van der Waals surface area (Å²) >= 11 is 6.11. The van der Waals surface area contributed by atoms with Gasteiger partial charge in [0.15, 0.2) is 5.78 Å². The number of amides is 1. The zero-order valence-electron chi connectivity index (χ0n) is 15.1. The third kappa shape index (κ3) is 5.02. The fraction of sp³-hybridized carbons (Fsp3) is 0.316. The summed E-state index contributed by atoms with van der Waals surface area (Å²) in [5, 5.41) is 3.18. The molecule has 148 valence electrons. The number of benzene rings is 1. The summed E-state index contributed by atoms with van der Waals surface area (Å²) in [5.74, 6) is -1.47. The lowest BCUT2D eigenvalue weighted by molar-refractivity contribution is -0.118. The van der Waals surface area contributed by atoms with Crippen LogP contribution in [0.25, 0.3) is 0 Å². The van der Waals surface area contributed by atoms with Gasteiger partial charge in [-0.05, 0) is 31.5 Å². The summed E-state index contributed by atoms with van der Waals surface area (Å²) in [4.78, 5) is 27.7. The van der Waals surface area contributed by atoms with E-state index in [1.54, 1.807) is 6.92 Å². The Morgan fingerprint density at radius 3 is 2.59 bits per heavy atom. The number of rotatable bonds is 8. The number of hydrogen-bond acceptors (Lipinski definition) is 5. The number of pyridine rings is 1. The molecule has 0 unspecified atom stereocenters. The number of carbonyl (C=O) groups is 2. The molecule has 0 spiro atoms. The van der Waals surface area contributed by atoms with Crippen LogP contribution in [-0.2, 0) is 4.79 Å². The molecule has 1 heterocycles. The molecule has 2 rings (SSSR count). The lowest BCUT2D eigenvalue weighted by Gasteiger charge is -2.23. The van der Waals surface area contributed by atoms with Gasteiger partial charge < -0.3 is 16.8 Å². The molecule has 2 aromatic rings. The van der Waals surface area contributed by atoms with E-state index in [2.05, 4.69) is 10.3 Å². The third-order valence-electron chi connectivity index (χ3n) is 4.17. The van der Waals surface area contributed by atoms with Crippen LogP contribution in [0.2, 0.25) is 5.02 Å². The van der Waals surface area contributed by atoms with Crippen LogP contribution in [0.5, 0.6) is 0 Å². The van der Waals surface area contributed by atoms with E-state index in [0.29, 0.717) is 12.0 Å². The molecular weight excluding hydrogens is 371 g/mol. The van der Waals surface area contributed by atoms with Crippen molar-refractivity contribution in [3.63, 3.8) is 0 Å². The minimum Gasteiger partial charge on any atom is -0.384 e. The molecular formula is C19H26ClFN4O2. The molecule has 0 bridgehead atoms. The number of nitrogen functional groups attached to an aromatic ring is 1. The van der Waals surface area contributed by atoms with E-state index < -0.39 is 23.5 Å². The molecule has 2 atom stereocenters. The lowest BCUT2D eigenvalue weighted by Crippen LogP contribution is -2.34. The quantitative estimate of drug-likeness (QED) is 0.591. The Morgan fingerprint density at radius 1 is 1.33 bits per heavy atom. The van der Waals surface area contributed by atoms with E-state index in [-0.39, 0.29) is 37.3 Å². The van der Waals surface area contributed by atoms with Gasteiger partial charge in [-0.25, -0.2) is 9.37 Å². The van der Waals surface area contributed by atoms with Gasteiger partial charge >= 0.3 is 0 Å². The minimum absolute atomic E-state index is 0. The summed E-state index contributed by atoms with van der Waals surface area (Å²) in [6.07, 6.45) is 1.94. The Labute approximate surface area is 165 Å². The zero-order valence-corrected chi connectivity index (χ0v) is 15.9. The molecule has 5 N–H and O–H groups in total. The van der Waals surface area contributed by atoms with Crippen molar-refractivity contribution in [1.29, 1.82) is 0 Å². The van der Waals surface area contributed by atoms with Gasteiger partial charge in [0.2, 0.25) is 5.91 Å². The number of carbonyl (C=O) groups excluding carboxylic acids is 2. The molecule has 0 aliphatic rings. The van der Waals surface area contributed by atoms with E-state index in [4.69, 9.17) is 23.1 Å². The van der Waals surface area contributed by atoms with Gasteiger partial charge in [-0.15, -0.1) is 0 Å². The summed E-state index contributed by atoms with van der Waals surface area (Å²) in [5.41, 5.74) is 11.0. The average molecular weight is 397 g/mol. The monoisotopic (exact) mass is 396 g/mol. The molecule has 0 aliphatic heterocycles.